The van der Waals surface area contributed by atoms with Gasteiger partial charge >= 0.3 is 0 Å². The summed E-state index contributed by atoms with van der Waals surface area (Å²) in [7, 11) is -4.59. The van der Waals surface area contributed by atoms with Gasteiger partial charge in [-0.1, -0.05) is 12.1 Å². The quantitative estimate of drug-likeness (QED) is 0.751. The number of hydrogen-bond donors (Lipinski definition) is 1. The van der Waals surface area contributed by atoms with Gasteiger partial charge in [0, 0.05) is 28.1 Å². The minimum atomic E-state index is -3.85. The minimum absolute atomic E-state index is 0. The number of nitrogens with zero attached hydrogens (tertiary/aromatic N) is 2. The minimum Gasteiger partial charge on any atom is -0.367 e. The lowest BCUT2D eigenvalue weighted by atomic mass is 10.1. The summed E-state index contributed by atoms with van der Waals surface area (Å²) >= 11 is 0. The molecule has 1 heterocycles. The van der Waals surface area contributed by atoms with Gasteiger partial charge in [0.1, 0.15) is 0 Å². The summed E-state index contributed by atoms with van der Waals surface area (Å²) < 4.78 is 54.0. The van der Waals surface area contributed by atoms with Crippen LogP contribution in [0.5, 0.6) is 0 Å². The van der Waals surface area contributed by atoms with Crippen molar-refractivity contribution in [3.63, 3.8) is 0 Å². The molecule has 1 saturated heterocycles. The van der Waals surface area contributed by atoms with E-state index in [4.69, 9.17) is 0 Å². The Morgan fingerprint density at radius 3 is 2.21 bits per heavy atom. The van der Waals surface area contributed by atoms with E-state index in [0.29, 0.717) is 17.6 Å². The summed E-state index contributed by atoms with van der Waals surface area (Å²) in [6.07, 6.45) is 3.56. The lowest BCUT2D eigenvalue weighted by molar-refractivity contribution is 0.520. The fraction of sp³-hybridized carbons (Fsp3) is 0.400. The van der Waals surface area contributed by atoms with Crippen LogP contribution in [-0.2, 0) is 20.0 Å². The average Bonchev–Trinajstić information content (AvgIpc) is 3.31. The van der Waals surface area contributed by atoms with Crippen LogP contribution in [0.1, 0.15) is 20.7 Å². The Bertz CT molecular complexity index is 1120. The molecule has 1 aliphatic heterocycles. The molecule has 29 heavy (non-hydrogen) atoms. The molecule has 0 amide bonds. The first-order chi connectivity index (χ1) is 13.7. The maximum atomic E-state index is 12.9. The summed E-state index contributed by atoms with van der Waals surface area (Å²) in [5.74, 6) is 0.691. The molecule has 1 aliphatic carbocycles. The first-order valence-corrected chi connectivity index (χ1v) is 12.5. The van der Waals surface area contributed by atoms with Crippen LogP contribution in [0.3, 0.4) is 0 Å². The van der Waals surface area contributed by atoms with E-state index in [1.807, 2.05) is 18.2 Å². The molecule has 1 saturated carbocycles. The van der Waals surface area contributed by atoms with Crippen molar-refractivity contribution in [2.24, 2.45) is 5.92 Å². The van der Waals surface area contributed by atoms with Gasteiger partial charge in [0.15, 0.2) is 0 Å². The van der Waals surface area contributed by atoms with Gasteiger partial charge in [-0.05, 0) is 61.6 Å². The summed E-state index contributed by atoms with van der Waals surface area (Å²) in [4.78, 5) is 2.38. The molecule has 0 spiro atoms. The van der Waals surface area contributed by atoms with Crippen molar-refractivity contribution >= 4 is 31.4 Å². The van der Waals surface area contributed by atoms with Gasteiger partial charge in [0.05, 0.1) is 21.2 Å². The predicted molar refractivity (Wildman–Crippen MR) is 115 cm³/mol. The molecule has 0 aromatic heterocycles. The molecule has 158 valence electrons. The number of anilines is 2. The number of nitrogens with one attached hydrogen (secondary N) is 1. The summed E-state index contributed by atoms with van der Waals surface area (Å²) in [5.41, 5.74) is 1.44. The summed E-state index contributed by atoms with van der Waals surface area (Å²) in [5, 5.41) is 0. The molecule has 2 atom stereocenters. The van der Waals surface area contributed by atoms with Crippen molar-refractivity contribution in [1.82, 2.24) is 4.31 Å². The van der Waals surface area contributed by atoms with Crippen molar-refractivity contribution < 1.29 is 18.3 Å². The van der Waals surface area contributed by atoms with Gasteiger partial charge in [-0.15, -0.1) is 0 Å². The van der Waals surface area contributed by atoms with Gasteiger partial charge < -0.3 is 4.90 Å². The number of para-hydroxylation sites is 2. The molecule has 2 aromatic carbocycles. The van der Waals surface area contributed by atoms with Gasteiger partial charge in [0.25, 0.3) is 10.0 Å². The van der Waals surface area contributed by atoms with Crippen LogP contribution in [0.4, 0.5) is 11.4 Å². The third kappa shape index (κ3) is 3.74. The first kappa shape index (κ1) is 20.2. The van der Waals surface area contributed by atoms with Crippen molar-refractivity contribution in [1.29, 1.82) is 0 Å². The number of fused-ring (bicyclic) bond motifs is 2. The third-order valence-corrected chi connectivity index (χ3v) is 8.99. The second-order valence-electron chi connectivity index (χ2n) is 7.87. The highest BCUT2D eigenvalue weighted by Crippen LogP contribution is 2.42. The van der Waals surface area contributed by atoms with E-state index < -0.39 is 20.0 Å². The maximum Gasteiger partial charge on any atom is 0.261 e. The van der Waals surface area contributed by atoms with Gasteiger partial charge in [0.2, 0.25) is 10.0 Å². The summed E-state index contributed by atoms with van der Waals surface area (Å²) in [6, 6.07) is 13.2. The fourth-order valence-electron chi connectivity index (χ4n) is 4.24. The first-order valence-electron chi connectivity index (χ1n) is 9.59. The molecule has 2 aromatic rings. The molecule has 9 heteroatoms. The number of rotatable bonds is 6. The van der Waals surface area contributed by atoms with Crippen LogP contribution in [0.2, 0.25) is 0 Å². The highest BCUT2D eigenvalue weighted by atomic mass is 32.2. The van der Waals surface area contributed by atoms with Crippen LogP contribution in [0.15, 0.2) is 58.3 Å². The van der Waals surface area contributed by atoms with Crippen LogP contribution >= 0.6 is 0 Å². The Morgan fingerprint density at radius 2 is 1.62 bits per heavy atom. The Balaban J connectivity index is 0.00000256. The second kappa shape index (κ2) is 7.30. The highest BCUT2D eigenvalue weighted by molar-refractivity contribution is 7.92. The Labute approximate surface area is 173 Å². The van der Waals surface area contributed by atoms with Crippen LogP contribution in [0.25, 0.3) is 0 Å². The fourth-order valence-corrected chi connectivity index (χ4v) is 6.21. The number of sulfonamides is 2. The SMILES string of the molecule is CN(C)S(=O)(=O)c1ccc(S(=O)(=O)Nc2ccccc2N2CC3CCC2C3)cc1.[HH]. The molecule has 0 radical (unpaired) electrons. The molecule has 2 fully saturated rings. The van der Waals surface area contributed by atoms with Gasteiger partial charge in [-0.3, -0.25) is 4.72 Å². The lowest BCUT2D eigenvalue weighted by Gasteiger charge is -2.31. The monoisotopic (exact) mass is 437 g/mol. The van der Waals surface area contributed by atoms with E-state index in [-0.39, 0.29) is 11.2 Å². The molecule has 7 nitrogen and oxygen atoms in total. The molecule has 4 rings (SSSR count). The van der Waals surface area contributed by atoms with E-state index >= 15 is 0 Å². The molecule has 2 bridgehead atoms. The highest BCUT2D eigenvalue weighted by Gasteiger charge is 2.38. The zero-order valence-corrected chi connectivity index (χ0v) is 18.1. The second-order valence-corrected chi connectivity index (χ2v) is 11.7. The van der Waals surface area contributed by atoms with Crippen molar-refractivity contribution in [3.05, 3.63) is 48.5 Å². The van der Waals surface area contributed by atoms with E-state index in [2.05, 4.69) is 9.62 Å². The standard InChI is InChI=1S/C20H25N3O4S2.H2/c1-22(2)29(26,27)18-11-9-17(10-12-18)28(24,25)21-19-5-3-4-6-20(19)23-14-15-7-8-16(23)13-15;/h3-6,9-12,15-16,21H,7-8,13-14H2,1-2H3;1H. The summed E-state index contributed by atoms with van der Waals surface area (Å²) in [6.45, 7) is 0.959. The largest absolute Gasteiger partial charge is 0.367 e. The Morgan fingerprint density at radius 1 is 0.966 bits per heavy atom. The predicted octanol–water partition coefficient (Wildman–Crippen LogP) is 2.97. The molecular formula is C20H27N3O4S2. The van der Waals surface area contributed by atoms with Crippen LogP contribution in [0, 0.1) is 5.92 Å². The Hall–Kier alpha value is -2.10. The average molecular weight is 438 g/mol. The lowest BCUT2D eigenvalue weighted by Crippen LogP contribution is -2.32. The van der Waals surface area contributed by atoms with Gasteiger partial charge in [-0.2, -0.15) is 0 Å². The van der Waals surface area contributed by atoms with E-state index in [9.17, 15) is 16.8 Å². The van der Waals surface area contributed by atoms with Crippen LogP contribution < -0.4 is 9.62 Å². The van der Waals surface area contributed by atoms with E-state index in [1.165, 1.54) is 51.2 Å². The smallest absolute Gasteiger partial charge is 0.261 e. The number of piperidine rings is 1. The number of benzene rings is 2. The van der Waals surface area contributed by atoms with Crippen molar-refractivity contribution in [3.8, 4) is 0 Å². The van der Waals surface area contributed by atoms with E-state index in [1.54, 1.807) is 6.07 Å². The molecule has 1 N–H and O–H groups in total. The maximum absolute atomic E-state index is 12.9. The van der Waals surface area contributed by atoms with Crippen molar-refractivity contribution in [2.75, 3.05) is 30.3 Å². The topological polar surface area (TPSA) is 86.8 Å². The normalized spacial score (nSPS) is 21.7. The molecule has 2 unspecified atom stereocenters. The van der Waals surface area contributed by atoms with E-state index in [0.717, 1.165) is 23.0 Å². The zero-order valence-electron chi connectivity index (χ0n) is 16.4. The number of hydrogen-bond acceptors (Lipinski definition) is 5. The zero-order chi connectivity index (χ0) is 20.8. The van der Waals surface area contributed by atoms with Crippen LogP contribution in [-0.4, -0.2) is 47.8 Å². The van der Waals surface area contributed by atoms with Gasteiger partial charge in [-0.25, -0.2) is 21.1 Å². The Kier molecular flexibility index (Phi) is 5.08. The molecular weight excluding hydrogens is 410 g/mol. The molecule has 2 aliphatic rings. The third-order valence-electron chi connectivity index (χ3n) is 5.78. The van der Waals surface area contributed by atoms with Crippen molar-refractivity contribution in [2.45, 2.75) is 35.1 Å².